The van der Waals surface area contributed by atoms with Crippen LogP contribution in [0.1, 0.15) is 78.3 Å². The number of carbonyl (C=O) groups is 4. The first kappa shape index (κ1) is 26.1. The second-order valence-electron chi connectivity index (χ2n) is 9.10. The van der Waals surface area contributed by atoms with Gasteiger partial charge in [-0.2, -0.15) is 0 Å². The molecular weight excluding hydrogens is 442 g/mol. The average molecular weight is 478 g/mol. The highest BCUT2D eigenvalue weighted by atomic mass is 16.2. The molecular formula is C28H35N3O4. The molecule has 1 N–H and O–H groups in total. The number of hydrogen-bond acceptors (Lipinski definition) is 4. The lowest BCUT2D eigenvalue weighted by Crippen LogP contribution is -2.50. The molecule has 1 aliphatic heterocycles. The fourth-order valence-electron chi connectivity index (χ4n) is 4.31. The molecule has 35 heavy (non-hydrogen) atoms. The molecule has 0 aromatic heterocycles. The highest BCUT2D eigenvalue weighted by Gasteiger charge is 2.35. The lowest BCUT2D eigenvalue weighted by molar-refractivity contribution is -0.141. The van der Waals surface area contributed by atoms with E-state index < -0.39 is 6.04 Å². The van der Waals surface area contributed by atoms with Crippen LogP contribution in [0.3, 0.4) is 0 Å². The molecule has 0 fully saturated rings. The number of carbonyl (C=O) groups excluding carboxylic acids is 4. The van der Waals surface area contributed by atoms with E-state index in [0.717, 1.165) is 17.5 Å². The molecule has 7 heteroatoms. The van der Waals surface area contributed by atoms with Crippen molar-refractivity contribution in [3.8, 4) is 0 Å². The first-order valence-corrected chi connectivity index (χ1v) is 12.4. The molecule has 2 aromatic rings. The Morgan fingerprint density at radius 3 is 2.11 bits per heavy atom. The van der Waals surface area contributed by atoms with Gasteiger partial charge in [-0.1, -0.05) is 50.2 Å². The second-order valence-corrected chi connectivity index (χ2v) is 9.10. The number of rotatable bonds is 11. The molecule has 0 saturated heterocycles. The number of hydrogen-bond donors (Lipinski definition) is 1. The van der Waals surface area contributed by atoms with Crippen molar-refractivity contribution in [2.24, 2.45) is 0 Å². The van der Waals surface area contributed by atoms with Crippen LogP contribution < -0.4 is 5.32 Å². The topological polar surface area (TPSA) is 86.8 Å². The normalized spacial score (nSPS) is 14.5. The van der Waals surface area contributed by atoms with Crippen molar-refractivity contribution in [1.82, 2.24) is 15.1 Å². The van der Waals surface area contributed by atoms with Gasteiger partial charge in [-0.3, -0.25) is 24.1 Å². The maximum absolute atomic E-state index is 13.4. The van der Waals surface area contributed by atoms with E-state index in [1.54, 1.807) is 29.2 Å². The van der Waals surface area contributed by atoms with Crippen LogP contribution in [-0.4, -0.2) is 52.1 Å². The summed E-state index contributed by atoms with van der Waals surface area (Å²) in [4.78, 5) is 54.6. The highest BCUT2D eigenvalue weighted by Crippen LogP contribution is 2.23. The molecule has 1 heterocycles. The summed E-state index contributed by atoms with van der Waals surface area (Å²) in [7, 11) is 0. The zero-order valence-electron chi connectivity index (χ0n) is 21.0. The maximum Gasteiger partial charge on any atom is 0.261 e. The van der Waals surface area contributed by atoms with Gasteiger partial charge in [0.05, 0.1) is 11.1 Å². The Morgan fingerprint density at radius 2 is 1.54 bits per heavy atom. The Labute approximate surface area is 207 Å². The molecule has 0 spiro atoms. The molecule has 3 rings (SSSR count). The van der Waals surface area contributed by atoms with Crippen molar-refractivity contribution in [1.29, 1.82) is 0 Å². The van der Waals surface area contributed by atoms with Gasteiger partial charge in [0.1, 0.15) is 6.04 Å². The summed E-state index contributed by atoms with van der Waals surface area (Å²) in [6.07, 6.45) is 1.75. The predicted molar refractivity (Wildman–Crippen MR) is 135 cm³/mol. The molecule has 2 aromatic carbocycles. The zero-order chi connectivity index (χ0) is 25.5. The fraction of sp³-hybridized carbons (Fsp3) is 0.429. The van der Waals surface area contributed by atoms with Gasteiger partial charge in [-0.05, 0) is 56.4 Å². The van der Waals surface area contributed by atoms with Gasteiger partial charge in [0, 0.05) is 25.6 Å². The smallest absolute Gasteiger partial charge is 0.261 e. The van der Waals surface area contributed by atoms with Crippen molar-refractivity contribution < 1.29 is 19.2 Å². The van der Waals surface area contributed by atoms with Gasteiger partial charge in [-0.15, -0.1) is 0 Å². The zero-order valence-corrected chi connectivity index (χ0v) is 21.0. The number of fused-ring (bicyclic) bond motifs is 1. The minimum absolute atomic E-state index is 0.0146. The number of aryl methyl sites for hydroxylation is 1. The molecule has 2 atom stereocenters. The molecule has 4 amide bonds. The third-order valence-electron chi connectivity index (χ3n) is 6.64. The van der Waals surface area contributed by atoms with Crippen molar-refractivity contribution in [2.45, 2.75) is 72.0 Å². The predicted octanol–water partition coefficient (Wildman–Crippen LogP) is 4.09. The number of benzene rings is 2. The Bertz CT molecular complexity index is 1060. The molecule has 7 nitrogen and oxygen atoms in total. The van der Waals surface area contributed by atoms with E-state index in [4.69, 9.17) is 0 Å². The summed E-state index contributed by atoms with van der Waals surface area (Å²) in [5.74, 6) is -0.983. The molecule has 1 aliphatic rings. The van der Waals surface area contributed by atoms with E-state index in [0.29, 0.717) is 30.5 Å². The molecule has 0 aliphatic carbocycles. The van der Waals surface area contributed by atoms with Gasteiger partial charge < -0.3 is 10.2 Å². The number of imide groups is 1. The second kappa shape index (κ2) is 11.8. The highest BCUT2D eigenvalue weighted by molar-refractivity contribution is 6.21. The third kappa shape index (κ3) is 5.96. The minimum Gasteiger partial charge on any atom is -0.352 e. The standard InChI is InChI=1S/C28H35N3O4/c1-5-20(4)29-26(33)24(6-2)31(18-21-13-8-7-12-19(21)3)25(32)16-11-17-30-27(34)22-14-9-10-15-23(22)28(30)35/h7-10,12-15,20,24H,5-6,11,16-18H2,1-4H3,(H,29,33)/t20-,24-/m1/s1. The van der Waals surface area contributed by atoms with Crippen LogP contribution in [0, 0.1) is 6.92 Å². The monoisotopic (exact) mass is 477 g/mol. The van der Waals surface area contributed by atoms with Gasteiger partial charge in [0.2, 0.25) is 11.8 Å². The van der Waals surface area contributed by atoms with E-state index in [2.05, 4.69) is 5.32 Å². The van der Waals surface area contributed by atoms with Crippen LogP contribution in [-0.2, 0) is 16.1 Å². The van der Waals surface area contributed by atoms with E-state index in [9.17, 15) is 19.2 Å². The summed E-state index contributed by atoms with van der Waals surface area (Å²) in [5, 5.41) is 3.01. The molecule has 0 bridgehead atoms. The molecule has 0 unspecified atom stereocenters. The fourth-order valence-corrected chi connectivity index (χ4v) is 4.31. The lowest BCUT2D eigenvalue weighted by Gasteiger charge is -2.32. The summed E-state index contributed by atoms with van der Waals surface area (Å²) in [6, 6.07) is 14.0. The van der Waals surface area contributed by atoms with Crippen LogP contribution >= 0.6 is 0 Å². The number of nitrogens with one attached hydrogen (secondary N) is 1. The van der Waals surface area contributed by atoms with E-state index in [1.807, 2.05) is 52.0 Å². The lowest BCUT2D eigenvalue weighted by atomic mass is 10.0. The van der Waals surface area contributed by atoms with E-state index in [1.165, 1.54) is 4.90 Å². The van der Waals surface area contributed by atoms with Crippen LogP contribution in [0.5, 0.6) is 0 Å². The minimum atomic E-state index is -0.601. The Hall–Kier alpha value is -3.48. The van der Waals surface area contributed by atoms with Gasteiger partial charge >= 0.3 is 0 Å². The summed E-state index contributed by atoms with van der Waals surface area (Å²) in [5.41, 5.74) is 2.83. The molecule has 0 saturated carbocycles. The Morgan fingerprint density at radius 1 is 0.943 bits per heavy atom. The van der Waals surface area contributed by atoms with Gasteiger partial charge in [0.25, 0.3) is 11.8 Å². The molecule has 0 radical (unpaired) electrons. The van der Waals surface area contributed by atoms with Crippen molar-refractivity contribution >= 4 is 23.6 Å². The average Bonchev–Trinajstić information content (AvgIpc) is 3.09. The Kier molecular flexibility index (Phi) is 8.79. The van der Waals surface area contributed by atoms with Crippen LogP contribution in [0.4, 0.5) is 0 Å². The van der Waals surface area contributed by atoms with E-state index in [-0.39, 0.29) is 42.6 Å². The van der Waals surface area contributed by atoms with Crippen molar-refractivity contribution in [2.75, 3.05) is 6.54 Å². The largest absolute Gasteiger partial charge is 0.352 e. The first-order chi connectivity index (χ1) is 16.8. The number of nitrogens with zero attached hydrogens (tertiary/aromatic N) is 2. The first-order valence-electron chi connectivity index (χ1n) is 12.4. The van der Waals surface area contributed by atoms with Crippen molar-refractivity contribution in [3.05, 3.63) is 70.8 Å². The quantitative estimate of drug-likeness (QED) is 0.494. The SMILES string of the molecule is CC[C@@H](C)NC(=O)[C@@H](CC)N(Cc1ccccc1C)C(=O)CCCN1C(=O)c2ccccc2C1=O. The summed E-state index contributed by atoms with van der Waals surface area (Å²) in [6.45, 7) is 8.32. The number of amides is 4. The van der Waals surface area contributed by atoms with E-state index >= 15 is 0 Å². The third-order valence-corrected chi connectivity index (χ3v) is 6.64. The summed E-state index contributed by atoms with van der Waals surface area (Å²) < 4.78 is 0. The maximum atomic E-state index is 13.4. The van der Waals surface area contributed by atoms with Gasteiger partial charge in [-0.25, -0.2) is 0 Å². The van der Waals surface area contributed by atoms with Crippen LogP contribution in [0.2, 0.25) is 0 Å². The van der Waals surface area contributed by atoms with Gasteiger partial charge in [0.15, 0.2) is 0 Å². The van der Waals surface area contributed by atoms with Crippen molar-refractivity contribution in [3.63, 3.8) is 0 Å². The van der Waals surface area contributed by atoms with Crippen LogP contribution in [0.25, 0.3) is 0 Å². The van der Waals surface area contributed by atoms with Crippen LogP contribution in [0.15, 0.2) is 48.5 Å². The summed E-state index contributed by atoms with van der Waals surface area (Å²) >= 11 is 0. The Balaban J connectivity index is 1.72. The molecule has 186 valence electrons.